The Morgan fingerprint density at radius 3 is 2.52 bits per heavy atom. The van der Waals surface area contributed by atoms with Crippen molar-refractivity contribution in [2.24, 2.45) is 0 Å². The van der Waals surface area contributed by atoms with Gasteiger partial charge in [0.25, 0.3) is 0 Å². The summed E-state index contributed by atoms with van der Waals surface area (Å²) in [5.74, 6) is 2.06. The molecule has 0 atom stereocenters. The maximum atomic E-state index is 13.6. The van der Waals surface area contributed by atoms with Gasteiger partial charge in [-0.2, -0.15) is 0 Å². The van der Waals surface area contributed by atoms with Crippen LogP contribution in [0.15, 0.2) is 54.9 Å². The molecule has 0 saturated heterocycles. The highest BCUT2D eigenvalue weighted by Gasteiger charge is 2.13. The van der Waals surface area contributed by atoms with Crippen LogP contribution in [0.3, 0.4) is 0 Å². The molecule has 4 aromatic rings. The number of hydrogen-bond donors (Lipinski definition) is 2. The second-order valence-corrected chi connectivity index (χ2v) is 9.63. The minimum Gasteiger partial charge on any atom is -0.354 e. The molecule has 0 aliphatic rings. The van der Waals surface area contributed by atoms with Gasteiger partial charge in [-0.15, -0.1) is 6.42 Å². The summed E-state index contributed by atoms with van der Waals surface area (Å²) in [5.41, 5.74) is 3.78. The summed E-state index contributed by atoms with van der Waals surface area (Å²) >= 11 is 12.0. The van der Waals surface area contributed by atoms with E-state index in [0.29, 0.717) is 33.4 Å². The standard InChI is InChI=1S/C23H15Cl2FN4O2S/c1-3-13-11-27-20-7-4-14(15-9-21(23(25)28-12-15)30-33(2,31)32)8-17(20)22(13)29-16-5-6-19(26)18(24)10-16/h1,4-12,30H,2H3,(H,27,29). The average molecular weight is 501 g/mol. The van der Waals surface area contributed by atoms with Gasteiger partial charge in [-0.3, -0.25) is 9.71 Å². The fourth-order valence-corrected chi connectivity index (χ4v) is 4.15. The first-order valence-electron chi connectivity index (χ1n) is 9.40. The number of halogens is 3. The summed E-state index contributed by atoms with van der Waals surface area (Å²) in [6, 6.07) is 11.3. The van der Waals surface area contributed by atoms with Gasteiger partial charge in [-0.05, 0) is 42.0 Å². The summed E-state index contributed by atoms with van der Waals surface area (Å²) < 4.78 is 39.2. The molecule has 0 spiro atoms. The van der Waals surface area contributed by atoms with Crippen molar-refractivity contribution in [3.63, 3.8) is 0 Å². The van der Waals surface area contributed by atoms with E-state index in [4.69, 9.17) is 29.6 Å². The molecule has 0 amide bonds. The molecular formula is C23H15Cl2FN4O2S. The van der Waals surface area contributed by atoms with E-state index in [2.05, 4.69) is 25.9 Å². The Kier molecular flexibility index (Phi) is 6.13. The van der Waals surface area contributed by atoms with E-state index in [1.807, 2.05) is 12.1 Å². The molecule has 0 saturated carbocycles. The van der Waals surface area contributed by atoms with Gasteiger partial charge in [0, 0.05) is 29.0 Å². The van der Waals surface area contributed by atoms with Crippen molar-refractivity contribution in [1.82, 2.24) is 9.97 Å². The average Bonchev–Trinajstić information content (AvgIpc) is 2.77. The third kappa shape index (κ3) is 5.01. The van der Waals surface area contributed by atoms with Crippen LogP contribution in [-0.2, 0) is 10.0 Å². The normalized spacial score (nSPS) is 11.2. The zero-order chi connectivity index (χ0) is 23.8. The first-order chi connectivity index (χ1) is 15.6. The lowest BCUT2D eigenvalue weighted by atomic mass is 10.0. The van der Waals surface area contributed by atoms with Gasteiger partial charge in [0.2, 0.25) is 10.0 Å². The molecule has 33 heavy (non-hydrogen) atoms. The Morgan fingerprint density at radius 1 is 1.03 bits per heavy atom. The van der Waals surface area contributed by atoms with Crippen LogP contribution in [0, 0.1) is 18.2 Å². The topological polar surface area (TPSA) is 84.0 Å². The number of fused-ring (bicyclic) bond motifs is 1. The van der Waals surface area contributed by atoms with Crippen LogP contribution in [0.25, 0.3) is 22.0 Å². The summed E-state index contributed by atoms with van der Waals surface area (Å²) in [6.07, 6.45) is 9.81. The van der Waals surface area contributed by atoms with Crippen LogP contribution in [0.4, 0.5) is 21.5 Å². The van der Waals surface area contributed by atoms with Gasteiger partial charge in [-0.25, -0.2) is 17.8 Å². The number of benzene rings is 2. The summed E-state index contributed by atoms with van der Waals surface area (Å²) in [5, 5.41) is 3.89. The Balaban J connectivity index is 1.85. The highest BCUT2D eigenvalue weighted by Crippen LogP contribution is 2.34. The van der Waals surface area contributed by atoms with Crippen molar-refractivity contribution in [2.45, 2.75) is 0 Å². The zero-order valence-corrected chi connectivity index (χ0v) is 19.4. The maximum absolute atomic E-state index is 13.6. The third-order valence-electron chi connectivity index (χ3n) is 4.68. The Labute approximate surface area is 199 Å². The van der Waals surface area contributed by atoms with E-state index < -0.39 is 15.8 Å². The smallest absolute Gasteiger partial charge is 0.229 e. The molecule has 166 valence electrons. The molecule has 2 heterocycles. The number of terminal acetylenes is 1. The van der Waals surface area contributed by atoms with Gasteiger partial charge in [0.1, 0.15) is 5.82 Å². The molecule has 0 bridgehead atoms. The van der Waals surface area contributed by atoms with Crippen LogP contribution in [0.5, 0.6) is 0 Å². The van der Waals surface area contributed by atoms with Gasteiger partial charge in [0.05, 0.1) is 33.7 Å². The molecule has 0 radical (unpaired) electrons. The number of rotatable bonds is 5. The van der Waals surface area contributed by atoms with Gasteiger partial charge in [0.15, 0.2) is 5.15 Å². The number of nitrogens with zero attached hydrogens (tertiary/aromatic N) is 2. The second kappa shape index (κ2) is 8.87. The van der Waals surface area contributed by atoms with E-state index in [1.54, 1.807) is 24.4 Å². The van der Waals surface area contributed by atoms with Crippen molar-refractivity contribution < 1.29 is 12.8 Å². The highest BCUT2D eigenvalue weighted by atomic mass is 35.5. The molecule has 0 unspecified atom stereocenters. The molecule has 2 aromatic heterocycles. The minimum absolute atomic E-state index is 0.0248. The van der Waals surface area contributed by atoms with Crippen LogP contribution in [0.2, 0.25) is 10.2 Å². The Morgan fingerprint density at radius 2 is 1.82 bits per heavy atom. The molecule has 2 N–H and O–H groups in total. The van der Waals surface area contributed by atoms with E-state index in [9.17, 15) is 12.8 Å². The summed E-state index contributed by atoms with van der Waals surface area (Å²) in [7, 11) is -3.54. The van der Waals surface area contributed by atoms with Crippen molar-refractivity contribution >= 4 is 61.2 Å². The minimum atomic E-state index is -3.54. The fourth-order valence-electron chi connectivity index (χ4n) is 3.21. The van der Waals surface area contributed by atoms with E-state index in [-0.39, 0.29) is 15.9 Å². The van der Waals surface area contributed by atoms with Crippen molar-refractivity contribution in [3.8, 4) is 23.5 Å². The van der Waals surface area contributed by atoms with Gasteiger partial charge < -0.3 is 5.32 Å². The van der Waals surface area contributed by atoms with Crippen LogP contribution >= 0.6 is 23.2 Å². The van der Waals surface area contributed by atoms with Crippen LogP contribution < -0.4 is 10.0 Å². The first kappa shape index (κ1) is 22.8. The van der Waals surface area contributed by atoms with Gasteiger partial charge >= 0.3 is 0 Å². The third-order valence-corrected chi connectivity index (χ3v) is 5.86. The second-order valence-electron chi connectivity index (χ2n) is 7.11. The monoisotopic (exact) mass is 500 g/mol. The van der Waals surface area contributed by atoms with Crippen molar-refractivity contribution in [1.29, 1.82) is 0 Å². The van der Waals surface area contributed by atoms with Crippen LogP contribution in [-0.4, -0.2) is 24.6 Å². The van der Waals surface area contributed by atoms with E-state index in [0.717, 1.165) is 11.8 Å². The van der Waals surface area contributed by atoms with E-state index in [1.165, 1.54) is 18.3 Å². The molecule has 4 rings (SSSR count). The van der Waals surface area contributed by atoms with E-state index >= 15 is 0 Å². The quantitative estimate of drug-likeness (QED) is 0.265. The number of pyridine rings is 2. The molecular weight excluding hydrogens is 486 g/mol. The maximum Gasteiger partial charge on any atom is 0.229 e. The van der Waals surface area contributed by atoms with Crippen LogP contribution in [0.1, 0.15) is 5.56 Å². The largest absolute Gasteiger partial charge is 0.354 e. The molecule has 2 aromatic carbocycles. The number of nitrogens with one attached hydrogen (secondary N) is 2. The molecule has 0 aliphatic heterocycles. The Hall–Kier alpha value is -3.38. The lowest BCUT2D eigenvalue weighted by Crippen LogP contribution is -2.10. The zero-order valence-electron chi connectivity index (χ0n) is 17.0. The molecule has 6 nitrogen and oxygen atoms in total. The number of sulfonamides is 1. The fraction of sp³-hybridized carbons (Fsp3) is 0.0435. The van der Waals surface area contributed by atoms with Gasteiger partial charge in [-0.1, -0.05) is 35.2 Å². The lowest BCUT2D eigenvalue weighted by Gasteiger charge is -2.14. The Bertz CT molecular complexity index is 1550. The highest BCUT2D eigenvalue weighted by molar-refractivity contribution is 7.92. The number of anilines is 3. The van der Waals surface area contributed by atoms with Crippen molar-refractivity contribution in [2.75, 3.05) is 16.3 Å². The number of hydrogen-bond acceptors (Lipinski definition) is 5. The molecule has 0 aliphatic carbocycles. The lowest BCUT2D eigenvalue weighted by molar-refractivity contribution is 0.606. The molecule has 10 heteroatoms. The predicted octanol–water partition coefficient (Wildman–Crippen LogP) is 5.84. The summed E-state index contributed by atoms with van der Waals surface area (Å²) in [6.45, 7) is 0. The number of aromatic nitrogens is 2. The summed E-state index contributed by atoms with van der Waals surface area (Å²) in [4.78, 5) is 8.49. The first-order valence-corrected chi connectivity index (χ1v) is 12.0. The SMILES string of the molecule is C#Cc1cnc2ccc(-c3cnc(Cl)c(NS(C)(=O)=O)c3)cc2c1Nc1ccc(F)c(Cl)c1. The molecule has 0 fully saturated rings. The predicted molar refractivity (Wildman–Crippen MR) is 131 cm³/mol. The van der Waals surface area contributed by atoms with Crippen molar-refractivity contribution in [3.05, 3.63) is 76.4 Å².